The molecular formula is C10H8N6O. The molecule has 7 nitrogen and oxygen atoms in total. The Morgan fingerprint density at radius 1 is 1.24 bits per heavy atom. The van der Waals surface area contributed by atoms with Crippen molar-refractivity contribution in [2.75, 3.05) is 0 Å². The first-order chi connectivity index (χ1) is 8.33. The molecule has 0 saturated carbocycles. The molecule has 3 heterocycles. The molecule has 0 fully saturated rings. The molecule has 0 radical (unpaired) electrons. The highest BCUT2D eigenvalue weighted by Crippen LogP contribution is 2.18. The molecule has 0 bridgehead atoms. The number of hydrogen-bond donors (Lipinski definition) is 2. The highest BCUT2D eigenvalue weighted by atomic mass is 16.3. The molecule has 84 valence electrons. The van der Waals surface area contributed by atoms with Crippen LogP contribution in [0.2, 0.25) is 0 Å². The smallest absolute Gasteiger partial charge is 0.254 e. The SMILES string of the molecule is Oc1cncc(-c2nc(-n3ccnc3)n[nH]2)c1. The number of nitrogens with one attached hydrogen (secondary N) is 1. The fourth-order valence-electron chi connectivity index (χ4n) is 1.43. The molecule has 0 aromatic carbocycles. The quantitative estimate of drug-likeness (QED) is 0.675. The monoisotopic (exact) mass is 228 g/mol. The maximum absolute atomic E-state index is 9.33. The van der Waals surface area contributed by atoms with Gasteiger partial charge in [-0.05, 0) is 6.07 Å². The van der Waals surface area contributed by atoms with Gasteiger partial charge in [0, 0.05) is 24.2 Å². The van der Waals surface area contributed by atoms with Gasteiger partial charge in [0.15, 0.2) is 5.82 Å². The fourth-order valence-corrected chi connectivity index (χ4v) is 1.43. The molecule has 0 unspecified atom stereocenters. The van der Waals surface area contributed by atoms with Crippen LogP contribution in [-0.2, 0) is 0 Å². The van der Waals surface area contributed by atoms with Gasteiger partial charge in [-0.25, -0.2) is 4.98 Å². The summed E-state index contributed by atoms with van der Waals surface area (Å²) in [4.78, 5) is 12.1. The highest BCUT2D eigenvalue weighted by molar-refractivity contribution is 5.55. The Balaban J connectivity index is 2.01. The molecule has 3 aromatic rings. The molecule has 0 atom stereocenters. The lowest BCUT2D eigenvalue weighted by molar-refractivity contribution is 0.473. The summed E-state index contributed by atoms with van der Waals surface area (Å²) in [7, 11) is 0. The van der Waals surface area contributed by atoms with Crippen LogP contribution in [0.1, 0.15) is 0 Å². The standard InChI is InChI=1S/C10H8N6O/c17-8-3-7(4-12-5-8)9-13-10(15-14-9)16-2-1-11-6-16/h1-6,17H,(H,13,14,15). The van der Waals surface area contributed by atoms with Gasteiger partial charge in [0.1, 0.15) is 12.1 Å². The van der Waals surface area contributed by atoms with Gasteiger partial charge >= 0.3 is 0 Å². The van der Waals surface area contributed by atoms with Crippen LogP contribution in [0.3, 0.4) is 0 Å². The number of aromatic hydroxyl groups is 1. The van der Waals surface area contributed by atoms with Crippen molar-refractivity contribution >= 4 is 0 Å². The Bertz CT molecular complexity index is 630. The summed E-state index contributed by atoms with van der Waals surface area (Å²) < 4.78 is 1.68. The van der Waals surface area contributed by atoms with Gasteiger partial charge in [-0.2, -0.15) is 4.98 Å². The zero-order valence-electron chi connectivity index (χ0n) is 8.65. The summed E-state index contributed by atoms with van der Waals surface area (Å²) in [5, 5.41) is 16.1. The Hall–Kier alpha value is -2.70. The number of H-pyrrole nitrogens is 1. The van der Waals surface area contributed by atoms with Crippen LogP contribution in [0, 0.1) is 0 Å². The first-order valence-corrected chi connectivity index (χ1v) is 4.88. The topological polar surface area (TPSA) is 92.5 Å². The molecule has 0 aliphatic carbocycles. The van der Waals surface area contributed by atoms with Crippen LogP contribution >= 0.6 is 0 Å². The lowest BCUT2D eigenvalue weighted by atomic mass is 10.3. The van der Waals surface area contributed by atoms with Gasteiger partial charge < -0.3 is 5.11 Å². The van der Waals surface area contributed by atoms with Gasteiger partial charge in [0.25, 0.3) is 5.95 Å². The van der Waals surface area contributed by atoms with Crippen molar-refractivity contribution in [2.45, 2.75) is 0 Å². The number of aromatic amines is 1. The Kier molecular flexibility index (Phi) is 2.08. The number of imidazole rings is 1. The summed E-state index contributed by atoms with van der Waals surface area (Å²) in [5.74, 6) is 1.11. The maximum atomic E-state index is 9.33. The molecule has 7 heteroatoms. The predicted octanol–water partition coefficient (Wildman–Crippen LogP) is 0.758. The van der Waals surface area contributed by atoms with E-state index < -0.39 is 0 Å². The molecule has 17 heavy (non-hydrogen) atoms. The molecule has 3 rings (SSSR count). The molecule has 2 N–H and O–H groups in total. The van der Waals surface area contributed by atoms with Gasteiger partial charge in [0.05, 0.1) is 6.20 Å². The zero-order valence-corrected chi connectivity index (χ0v) is 8.65. The first-order valence-electron chi connectivity index (χ1n) is 4.88. The first kappa shape index (κ1) is 9.52. The fraction of sp³-hybridized carbons (Fsp3) is 0. The van der Waals surface area contributed by atoms with E-state index in [1.807, 2.05) is 0 Å². The van der Waals surface area contributed by atoms with Crippen LogP contribution in [-0.4, -0.2) is 34.8 Å². The van der Waals surface area contributed by atoms with Crippen molar-refractivity contribution in [3.05, 3.63) is 37.2 Å². The second-order valence-corrected chi connectivity index (χ2v) is 3.39. The zero-order chi connectivity index (χ0) is 11.7. The second kappa shape index (κ2) is 3.71. The van der Waals surface area contributed by atoms with E-state index in [9.17, 15) is 5.11 Å². The summed E-state index contributed by atoms with van der Waals surface area (Å²) in [6, 6.07) is 1.56. The maximum Gasteiger partial charge on any atom is 0.254 e. The van der Waals surface area contributed by atoms with Crippen LogP contribution in [0.15, 0.2) is 37.2 Å². The minimum atomic E-state index is 0.0862. The number of nitrogens with zero attached hydrogens (tertiary/aromatic N) is 5. The van der Waals surface area contributed by atoms with E-state index >= 15 is 0 Å². The van der Waals surface area contributed by atoms with Gasteiger partial charge in [-0.1, -0.05) is 0 Å². The average Bonchev–Trinajstić information content (AvgIpc) is 3.00. The molecule has 0 amide bonds. The van der Waals surface area contributed by atoms with E-state index in [2.05, 4.69) is 25.1 Å². The van der Waals surface area contributed by atoms with Gasteiger partial charge in [-0.15, -0.1) is 5.10 Å². The van der Waals surface area contributed by atoms with E-state index in [4.69, 9.17) is 0 Å². The number of hydrogen-bond acceptors (Lipinski definition) is 5. The third-order valence-electron chi connectivity index (χ3n) is 2.21. The summed E-state index contributed by atoms with van der Waals surface area (Å²) >= 11 is 0. The molecular weight excluding hydrogens is 220 g/mol. The van der Waals surface area contributed by atoms with Crippen molar-refractivity contribution in [1.82, 2.24) is 29.7 Å². The highest BCUT2D eigenvalue weighted by Gasteiger charge is 2.07. The summed E-state index contributed by atoms with van der Waals surface area (Å²) in [6.07, 6.45) is 7.95. The second-order valence-electron chi connectivity index (χ2n) is 3.39. The number of pyridine rings is 1. The lowest BCUT2D eigenvalue weighted by Crippen LogP contribution is -1.92. The summed E-state index contributed by atoms with van der Waals surface area (Å²) in [5.41, 5.74) is 0.670. The molecule has 3 aromatic heterocycles. The Morgan fingerprint density at radius 3 is 2.94 bits per heavy atom. The van der Waals surface area contributed by atoms with Gasteiger partial charge in [-0.3, -0.25) is 14.6 Å². The molecule has 0 spiro atoms. The van der Waals surface area contributed by atoms with Crippen molar-refractivity contribution in [2.24, 2.45) is 0 Å². The van der Waals surface area contributed by atoms with Crippen LogP contribution in [0.4, 0.5) is 0 Å². The van der Waals surface area contributed by atoms with Crippen molar-refractivity contribution in [3.63, 3.8) is 0 Å². The van der Waals surface area contributed by atoms with Gasteiger partial charge in [0.2, 0.25) is 0 Å². The van der Waals surface area contributed by atoms with E-state index in [1.165, 1.54) is 6.20 Å². The average molecular weight is 228 g/mol. The van der Waals surface area contributed by atoms with E-state index in [-0.39, 0.29) is 5.75 Å². The van der Waals surface area contributed by atoms with E-state index in [0.717, 1.165) is 0 Å². The number of aromatic nitrogens is 6. The minimum Gasteiger partial charge on any atom is -0.506 e. The molecule has 0 aliphatic heterocycles. The minimum absolute atomic E-state index is 0.0862. The normalized spacial score (nSPS) is 10.6. The Labute approximate surface area is 95.8 Å². The third-order valence-corrected chi connectivity index (χ3v) is 2.21. The molecule has 0 saturated heterocycles. The summed E-state index contributed by atoms with van der Waals surface area (Å²) in [6.45, 7) is 0. The largest absolute Gasteiger partial charge is 0.506 e. The lowest BCUT2D eigenvalue weighted by Gasteiger charge is -1.95. The third kappa shape index (κ3) is 1.73. The molecule has 0 aliphatic rings. The van der Waals surface area contributed by atoms with Crippen molar-refractivity contribution < 1.29 is 5.11 Å². The number of rotatable bonds is 2. The van der Waals surface area contributed by atoms with Crippen molar-refractivity contribution in [1.29, 1.82) is 0 Å². The van der Waals surface area contributed by atoms with Crippen LogP contribution < -0.4 is 0 Å². The van der Waals surface area contributed by atoms with E-state index in [0.29, 0.717) is 17.3 Å². The Morgan fingerprint density at radius 2 is 2.18 bits per heavy atom. The van der Waals surface area contributed by atoms with E-state index in [1.54, 1.807) is 35.6 Å². The van der Waals surface area contributed by atoms with Crippen LogP contribution in [0.5, 0.6) is 5.75 Å². The predicted molar refractivity (Wildman–Crippen MR) is 58.4 cm³/mol. The van der Waals surface area contributed by atoms with Crippen molar-refractivity contribution in [3.8, 4) is 23.1 Å². The van der Waals surface area contributed by atoms with Crippen LogP contribution in [0.25, 0.3) is 17.3 Å².